The van der Waals surface area contributed by atoms with Gasteiger partial charge in [0.15, 0.2) is 0 Å². The average Bonchev–Trinajstić information content (AvgIpc) is 3.49. The van der Waals surface area contributed by atoms with Crippen LogP contribution in [-0.2, 0) is 22.6 Å². The highest BCUT2D eigenvalue weighted by atomic mass is 35.5. The van der Waals surface area contributed by atoms with Crippen LogP contribution in [0.15, 0.2) is 36.8 Å². The Morgan fingerprint density at radius 1 is 1.18 bits per heavy atom. The van der Waals surface area contributed by atoms with Gasteiger partial charge in [0.1, 0.15) is 35.4 Å². The van der Waals surface area contributed by atoms with E-state index in [4.69, 9.17) is 26.2 Å². The first-order chi connectivity index (χ1) is 20.9. The summed E-state index contributed by atoms with van der Waals surface area (Å²) in [6.45, 7) is 9.37. The summed E-state index contributed by atoms with van der Waals surface area (Å²) < 4.78 is 28.2. The summed E-state index contributed by atoms with van der Waals surface area (Å²) in [6, 6.07) is 4.41. The van der Waals surface area contributed by atoms with Crippen molar-refractivity contribution in [2.45, 2.75) is 52.5 Å². The predicted molar refractivity (Wildman–Crippen MR) is 158 cm³/mol. The van der Waals surface area contributed by atoms with Gasteiger partial charge in [-0.3, -0.25) is 14.5 Å². The Bertz CT molecular complexity index is 1730. The van der Waals surface area contributed by atoms with Gasteiger partial charge in [0.05, 0.1) is 53.5 Å². The van der Waals surface area contributed by atoms with Gasteiger partial charge in [-0.15, -0.1) is 0 Å². The van der Waals surface area contributed by atoms with Crippen LogP contribution in [0.2, 0.25) is 5.02 Å². The van der Waals surface area contributed by atoms with Crippen LogP contribution in [0.25, 0.3) is 16.8 Å². The molecule has 232 valence electrons. The molecule has 14 heteroatoms. The lowest BCUT2D eigenvalue weighted by atomic mass is 9.98. The number of hydrogen-bond acceptors (Lipinski definition) is 8. The zero-order chi connectivity index (χ0) is 31.3. The molecule has 12 nitrogen and oxygen atoms in total. The van der Waals surface area contributed by atoms with Crippen molar-refractivity contribution in [1.29, 1.82) is 0 Å². The van der Waals surface area contributed by atoms with Crippen LogP contribution in [0.5, 0.6) is 5.75 Å². The van der Waals surface area contributed by atoms with Gasteiger partial charge < -0.3 is 24.4 Å². The van der Waals surface area contributed by atoms with E-state index in [0.717, 1.165) is 17.5 Å². The van der Waals surface area contributed by atoms with E-state index in [2.05, 4.69) is 10.1 Å². The number of nitrogens with zero attached hydrogens (tertiary/aromatic N) is 7. The largest absolute Gasteiger partial charge is 0.488 e. The number of carbonyl (C=O) groups excluding carboxylic acids is 2. The topological polar surface area (TPSA) is 127 Å². The normalized spacial score (nSPS) is 16.1. The maximum absolute atomic E-state index is 13.3. The Kier molecular flexibility index (Phi) is 7.70. The average molecular weight is 626 g/mol. The van der Waals surface area contributed by atoms with Gasteiger partial charge in [0.25, 0.3) is 0 Å². The molecule has 0 saturated carbocycles. The van der Waals surface area contributed by atoms with Crippen LogP contribution in [-0.4, -0.2) is 83.1 Å². The minimum Gasteiger partial charge on any atom is -0.488 e. The number of carbonyl (C=O) groups is 2. The fourth-order valence-corrected chi connectivity index (χ4v) is 5.63. The lowest BCUT2D eigenvalue weighted by Crippen LogP contribution is -2.57. The number of rotatable bonds is 6. The van der Waals surface area contributed by atoms with E-state index in [1.54, 1.807) is 21.7 Å². The molecular formula is C30H33ClFN7O5. The van der Waals surface area contributed by atoms with Crippen molar-refractivity contribution in [2.75, 3.05) is 26.2 Å². The Morgan fingerprint density at radius 3 is 2.66 bits per heavy atom. The summed E-state index contributed by atoms with van der Waals surface area (Å²) >= 11 is 6.42. The number of aliphatic hydroxyl groups is 1. The first-order valence-corrected chi connectivity index (χ1v) is 14.7. The smallest absolute Gasteiger partial charge is 0.410 e. The van der Waals surface area contributed by atoms with E-state index in [1.807, 2.05) is 37.3 Å². The van der Waals surface area contributed by atoms with Crippen molar-refractivity contribution in [2.24, 2.45) is 5.92 Å². The second-order valence-electron chi connectivity index (χ2n) is 12.1. The number of aromatic nitrogens is 5. The summed E-state index contributed by atoms with van der Waals surface area (Å²) in [6.07, 6.45) is 2.84. The monoisotopic (exact) mass is 625 g/mol. The van der Waals surface area contributed by atoms with E-state index >= 15 is 0 Å². The molecule has 6 heterocycles. The lowest BCUT2D eigenvalue weighted by Gasteiger charge is -2.41. The maximum Gasteiger partial charge on any atom is 0.410 e. The Morgan fingerprint density at radius 2 is 1.95 bits per heavy atom. The Balaban J connectivity index is 1.18. The number of aliphatic hydroxyl groups excluding tert-OH is 1. The summed E-state index contributed by atoms with van der Waals surface area (Å²) in [5, 5.41) is 20.2. The molecule has 1 N–H and O–H groups in total. The van der Waals surface area contributed by atoms with Gasteiger partial charge >= 0.3 is 6.09 Å². The van der Waals surface area contributed by atoms with E-state index in [0.29, 0.717) is 60.3 Å². The molecule has 0 spiro atoms. The van der Waals surface area contributed by atoms with Crippen molar-refractivity contribution in [1.82, 2.24) is 34.2 Å². The van der Waals surface area contributed by atoms with Gasteiger partial charge in [-0.05, 0) is 45.9 Å². The highest BCUT2D eigenvalue weighted by Gasteiger charge is 2.40. The zero-order valence-corrected chi connectivity index (χ0v) is 25.6. The fraction of sp³-hybridized carbons (Fsp3) is 0.433. The van der Waals surface area contributed by atoms with E-state index in [9.17, 15) is 19.1 Å². The van der Waals surface area contributed by atoms with Crippen LogP contribution in [0.1, 0.15) is 43.8 Å². The van der Waals surface area contributed by atoms with Crippen LogP contribution in [0.4, 0.5) is 9.18 Å². The van der Waals surface area contributed by atoms with Gasteiger partial charge in [0, 0.05) is 37.0 Å². The van der Waals surface area contributed by atoms with Crippen LogP contribution in [0.3, 0.4) is 0 Å². The molecule has 2 aliphatic heterocycles. The molecule has 0 radical (unpaired) electrons. The van der Waals surface area contributed by atoms with E-state index in [-0.39, 0.29) is 24.1 Å². The first-order valence-electron chi connectivity index (χ1n) is 14.3. The third-order valence-corrected chi connectivity index (χ3v) is 8.01. The molecule has 0 bridgehead atoms. The highest BCUT2D eigenvalue weighted by molar-refractivity contribution is 6.34. The minimum atomic E-state index is -1.10. The van der Waals surface area contributed by atoms with Gasteiger partial charge in [-0.25, -0.2) is 13.7 Å². The third kappa shape index (κ3) is 5.81. The van der Waals surface area contributed by atoms with Crippen molar-refractivity contribution in [3.8, 4) is 17.0 Å². The molecule has 1 saturated heterocycles. The quantitative estimate of drug-likeness (QED) is 0.341. The summed E-state index contributed by atoms with van der Waals surface area (Å²) in [7, 11) is 0. The molecule has 44 heavy (non-hydrogen) atoms. The number of fused-ring (bicyclic) bond motifs is 2. The second-order valence-corrected chi connectivity index (χ2v) is 12.5. The van der Waals surface area contributed by atoms with Crippen molar-refractivity contribution in [3.05, 3.63) is 64.6 Å². The second kappa shape index (κ2) is 11.4. The molecule has 6 rings (SSSR count). The van der Waals surface area contributed by atoms with Crippen LogP contribution >= 0.6 is 11.6 Å². The van der Waals surface area contributed by atoms with E-state index in [1.165, 1.54) is 18.3 Å². The number of hydrogen-bond donors (Lipinski definition) is 1. The lowest BCUT2D eigenvalue weighted by molar-refractivity contribution is -0.142. The molecule has 2 aliphatic rings. The first kappa shape index (κ1) is 29.8. The van der Waals surface area contributed by atoms with Gasteiger partial charge in [0.2, 0.25) is 5.91 Å². The Hall–Kier alpha value is -4.23. The van der Waals surface area contributed by atoms with Crippen LogP contribution in [0, 0.1) is 18.7 Å². The molecule has 1 atom stereocenters. The SMILES string of the molecule is Cc1c(-c2cc(OCC(O)c3ccc(F)cn3)c3c(Cl)cnn3c2)nn2c1CN(C(=O)C1CN(C(=O)OC(C)(C)C)C1)CC2. The molecule has 1 fully saturated rings. The van der Waals surface area contributed by atoms with E-state index < -0.39 is 23.6 Å². The fourth-order valence-electron chi connectivity index (χ4n) is 5.40. The number of amides is 2. The number of pyridine rings is 2. The molecule has 2 amide bonds. The zero-order valence-electron chi connectivity index (χ0n) is 24.8. The minimum absolute atomic E-state index is 0.00991. The number of ether oxygens (including phenoxy) is 2. The third-order valence-electron chi connectivity index (χ3n) is 7.73. The summed E-state index contributed by atoms with van der Waals surface area (Å²) in [4.78, 5) is 32.9. The van der Waals surface area contributed by atoms with Crippen LogP contribution < -0.4 is 4.74 Å². The number of halogens is 2. The molecule has 1 unspecified atom stereocenters. The van der Waals surface area contributed by atoms with Crippen molar-refractivity contribution in [3.63, 3.8) is 0 Å². The molecular weight excluding hydrogens is 593 g/mol. The molecule has 0 aliphatic carbocycles. The molecule has 4 aromatic heterocycles. The van der Waals surface area contributed by atoms with Crippen molar-refractivity contribution >= 4 is 29.1 Å². The Labute approximate surface area is 257 Å². The van der Waals surface area contributed by atoms with Gasteiger partial charge in [-0.2, -0.15) is 10.2 Å². The number of likely N-dealkylation sites (tertiary alicyclic amines) is 1. The molecule has 4 aromatic rings. The van der Waals surface area contributed by atoms with Crippen molar-refractivity contribution < 1.29 is 28.6 Å². The van der Waals surface area contributed by atoms with Gasteiger partial charge in [-0.1, -0.05) is 11.6 Å². The standard InChI is InChI=1S/C30H33ClFN7O5/c1-17-23-15-36(28(41)19-12-37(13-19)29(42)44-30(2,3)4)7-8-38(23)35-26(17)18-9-25(27-21(31)11-34-39(27)14-18)43-16-24(40)22-6-5-20(32)10-33-22/h5-6,9-11,14,19,24,40H,7-8,12-13,15-16H2,1-4H3. The summed E-state index contributed by atoms with van der Waals surface area (Å²) in [5.74, 6) is -0.367. The molecule has 0 aromatic carbocycles. The summed E-state index contributed by atoms with van der Waals surface area (Å²) in [5.41, 5.74) is 3.45. The highest BCUT2D eigenvalue weighted by Crippen LogP contribution is 2.35. The maximum atomic E-state index is 13.3. The predicted octanol–water partition coefficient (Wildman–Crippen LogP) is 4.02.